The van der Waals surface area contributed by atoms with Crippen molar-refractivity contribution in [1.82, 2.24) is 0 Å². The molecule has 0 fully saturated rings. The Labute approximate surface area is 83.6 Å². The van der Waals surface area contributed by atoms with E-state index in [9.17, 15) is 4.79 Å². The first-order valence-corrected chi connectivity index (χ1v) is 5.04. The van der Waals surface area contributed by atoms with E-state index in [1.54, 1.807) is 0 Å². The minimum atomic E-state index is -0.680. The van der Waals surface area contributed by atoms with Crippen molar-refractivity contribution in [3.63, 3.8) is 0 Å². The monoisotopic (exact) mass is 190 g/mol. The summed E-state index contributed by atoms with van der Waals surface area (Å²) in [5.41, 5.74) is 2.81. The summed E-state index contributed by atoms with van der Waals surface area (Å²) in [7, 11) is 0. The van der Waals surface area contributed by atoms with Crippen LogP contribution >= 0.6 is 0 Å². The Morgan fingerprint density at radius 3 is 2.36 bits per heavy atom. The Morgan fingerprint density at radius 2 is 1.86 bits per heavy atom. The Hall–Kier alpha value is -1.31. The number of carboxylic acids is 1. The van der Waals surface area contributed by atoms with Crippen molar-refractivity contribution in [1.29, 1.82) is 0 Å². The van der Waals surface area contributed by atoms with Crippen LogP contribution in [0.1, 0.15) is 24.0 Å². The third kappa shape index (κ3) is 1.95. The second-order valence-electron chi connectivity index (χ2n) is 3.98. The molecule has 1 N–H and O–H groups in total. The normalized spacial score (nSPS) is 15.4. The maximum absolute atomic E-state index is 10.4. The molecule has 74 valence electrons. The molecule has 0 radical (unpaired) electrons. The van der Waals surface area contributed by atoms with Gasteiger partial charge in [-0.3, -0.25) is 4.79 Å². The highest BCUT2D eigenvalue weighted by Gasteiger charge is 2.20. The molecule has 1 aromatic carbocycles. The smallest absolute Gasteiger partial charge is 0.303 e. The van der Waals surface area contributed by atoms with Crippen molar-refractivity contribution in [3.05, 3.63) is 35.4 Å². The number of hydrogen-bond acceptors (Lipinski definition) is 1. The van der Waals surface area contributed by atoms with E-state index < -0.39 is 5.97 Å². The second kappa shape index (κ2) is 3.82. The summed E-state index contributed by atoms with van der Waals surface area (Å²) in [5.74, 6) is -0.135. The van der Waals surface area contributed by atoms with E-state index in [0.717, 1.165) is 19.3 Å². The third-order valence-electron chi connectivity index (χ3n) is 2.90. The molecule has 0 bridgehead atoms. The molecule has 0 atom stereocenters. The summed E-state index contributed by atoms with van der Waals surface area (Å²) < 4.78 is 0. The minimum absolute atomic E-state index is 0.304. The van der Waals surface area contributed by atoms with Crippen molar-refractivity contribution >= 4 is 5.97 Å². The predicted octanol–water partition coefficient (Wildman–Crippen LogP) is 2.27. The first-order chi connectivity index (χ1) is 6.75. The van der Waals surface area contributed by atoms with Gasteiger partial charge in [0.25, 0.3) is 0 Å². The second-order valence-corrected chi connectivity index (χ2v) is 3.98. The fourth-order valence-electron chi connectivity index (χ4n) is 2.18. The van der Waals surface area contributed by atoms with Crippen LogP contribution < -0.4 is 0 Å². The number of fused-ring (bicyclic) bond motifs is 1. The molecule has 0 heterocycles. The number of carbonyl (C=O) groups is 1. The average Bonchev–Trinajstić information content (AvgIpc) is 2.57. The van der Waals surface area contributed by atoms with Gasteiger partial charge >= 0.3 is 5.97 Å². The number of hydrogen-bond donors (Lipinski definition) is 1. The summed E-state index contributed by atoms with van der Waals surface area (Å²) in [4.78, 5) is 10.4. The van der Waals surface area contributed by atoms with Crippen LogP contribution in [0.25, 0.3) is 0 Å². The lowest BCUT2D eigenvalue weighted by Gasteiger charge is -2.05. The minimum Gasteiger partial charge on any atom is -0.481 e. The van der Waals surface area contributed by atoms with E-state index in [-0.39, 0.29) is 0 Å². The Kier molecular flexibility index (Phi) is 2.53. The van der Waals surface area contributed by atoms with E-state index in [2.05, 4.69) is 24.3 Å². The quantitative estimate of drug-likeness (QED) is 0.793. The molecule has 2 rings (SSSR count). The van der Waals surface area contributed by atoms with Gasteiger partial charge in [0, 0.05) is 6.42 Å². The molecule has 2 heteroatoms. The molecule has 1 aromatic rings. The van der Waals surface area contributed by atoms with Gasteiger partial charge in [0.1, 0.15) is 0 Å². The van der Waals surface area contributed by atoms with Crippen molar-refractivity contribution in [2.75, 3.05) is 0 Å². The van der Waals surface area contributed by atoms with E-state index in [0.29, 0.717) is 12.3 Å². The molecule has 0 saturated carbocycles. The van der Waals surface area contributed by atoms with E-state index in [1.165, 1.54) is 11.1 Å². The summed E-state index contributed by atoms with van der Waals surface area (Å²) in [6, 6.07) is 8.41. The molecule has 0 unspecified atom stereocenters. The van der Waals surface area contributed by atoms with Gasteiger partial charge in [0.15, 0.2) is 0 Å². The molecular weight excluding hydrogens is 176 g/mol. The van der Waals surface area contributed by atoms with Gasteiger partial charge in [0.2, 0.25) is 0 Å². The largest absolute Gasteiger partial charge is 0.481 e. The standard InChI is InChI=1S/C12H14O2/c13-12(14)6-5-9-7-10-3-1-2-4-11(10)8-9/h1-4,9H,5-8H2,(H,13,14). The van der Waals surface area contributed by atoms with Crippen LogP contribution in [0.3, 0.4) is 0 Å². The summed E-state index contributed by atoms with van der Waals surface area (Å²) in [6.07, 6.45) is 3.23. The molecule has 1 aliphatic rings. The van der Waals surface area contributed by atoms with Crippen LogP contribution in [-0.2, 0) is 17.6 Å². The highest BCUT2D eigenvalue weighted by atomic mass is 16.4. The van der Waals surface area contributed by atoms with Gasteiger partial charge in [-0.25, -0.2) is 0 Å². The summed E-state index contributed by atoms with van der Waals surface area (Å²) in [6.45, 7) is 0. The SMILES string of the molecule is O=C(O)CCC1Cc2ccccc2C1. The zero-order chi connectivity index (χ0) is 9.97. The van der Waals surface area contributed by atoms with Gasteiger partial charge in [-0.15, -0.1) is 0 Å². The number of carboxylic acid groups (broad SMARTS) is 1. The molecule has 0 aromatic heterocycles. The maximum Gasteiger partial charge on any atom is 0.303 e. The molecular formula is C12H14O2. The first-order valence-electron chi connectivity index (χ1n) is 5.04. The van der Waals surface area contributed by atoms with Crippen LogP contribution in [0.5, 0.6) is 0 Å². The van der Waals surface area contributed by atoms with Gasteiger partial charge in [-0.05, 0) is 36.3 Å². The van der Waals surface area contributed by atoms with Crippen LogP contribution in [0.4, 0.5) is 0 Å². The fraction of sp³-hybridized carbons (Fsp3) is 0.417. The number of benzene rings is 1. The van der Waals surface area contributed by atoms with Gasteiger partial charge in [-0.2, -0.15) is 0 Å². The first kappa shape index (κ1) is 9.25. The van der Waals surface area contributed by atoms with Crippen LogP contribution in [0.15, 0.2) is 24.3 Å². The average molecular weight is 190 g/mol. The maximum atomic E-state index is 10.4. The van der Waals surface area contributed by atoms with Gasteiger partial charge < -0.3 is 5.11 Å². The summed E-state index contributed by atoms with van der Waals surface area (Å²) in [5, 5.41) is 8.59. The molecule has 2 nitrogen and oxygen atoms in total. The Bertz CT molecular complexity index is 319. The third-order valence-corrected chi connectivity index (χ3v) is 2.90. The van der Waals surface area contributed by atoms with Crippen LogP contribution in [0, 0.1) is 5.92 Å². The topological polar surface area (TPSA) is 37.3 Å². The Morgan fingerprint density at radius 1 is 1.29 bits per heavy atom. The fourth-order valence-corrected chi connectivity index (χ4v) is 2.18. The van der Waals surface area contributed by atoms with Crippen LogP contribution in [0.2, 0.25) is 0 Å². The number of rotatable bonds is 3. The predicted molar refractivity (Wildman–Crippen MR) is 54.2 cm³/mol. The van der Waals surface area contributed by atoms with Crippen molar-refractivity contribution in [2.45, 2.75) is 25.7 Å². The van der Waals surface area contributed by atoms with Crippen molar-refractivity contribution < 1.29 is 9.90 Å². The zero-order valence-electron chi connectivity index (χ0n) is 8.07. The van der Waals surface area contributed by atoms with E-state index >= 15 is 0 Å². The van der Waals surface area contributed by atoms with Gasteiger partial charge in [0.05, 0.1) is 0 Å². The van der Waals surface area contributed by atoms with E-state index in [4.69, 9.17) is 5.11 Å². The molecule has 0 aliphatic heterocycles. The van der Waals surface area contributed by atoms with Crippen LogP contribution in [-0.4, -0.2) is 11.1 Å². The molecule has 0 amide bonds. The lowest BCUT2D eigenvalue weighted by atomic mass is 10.0. The lowest BCUT2D eigenvalue weighted by Crippen LogP contribution is -2.03. The molecule has 0 saturated heterocycles. The lowest BCUT2D eigenvalue weighted by molar-refractivity contribution is -0.137. The highest BCUT2D eigenvalue weighted by molar-refractivity contribution is 5.66. The highest BCUT2D eigenvalue weighted by Crippen LogP contribution is 2.29. The van der Waals surface area contributed by atoms with Crippen molar-refractivity contribution in [2.24, 2.45) is 5.92 Å². The van der Waals surface area contributed by atoms with Crippen molar-refractivity contribution in [3.8, 4) is 0 Å². The zero-order valence-corrected chi connectivity index (χ0v) is 8.07. The molecule has 14 heavy (non-hydrogen) atoms. The summed E-state index contributed by atoms with van der Waals surface area (Å²) >= 11 is 0. The Balaban J connectivity index is 1.95. The van der Waals surface area contributed by atoms with Gasteiger partial charge in [-0.1, -0.05) is 24.3 Å². The number of aliphatic carboxylic acids is 1. The molecule has 1 aliphatic carbocycles. The molecule has 0 spiro atoms. The van der Waals surface area contributed by atoms with E-state index in [1.807, 2.05) is 0 Å².